The van der Waals surface area contributed by atoms with Crippen LogP contribution in [0.15, 0.2) is 12.5 Å². The van der Waals surface area contributed by atoms with Gasteiger partial charge in [-0.1, -0.05) is 46.0 Å². The van der Waals surface area contributed by atoms with Crippen molar-refractivity contribution >= 4 is 16.2 Å². The molecule has 0 aromatic carbocycles. The van der Waals surface area contributed by atoms with E-state index in [1.54, 1.807) is 11.3 Å². The molecular weight excluding hydrogens is 268 g/mol. The predicted molar refractivity (Wildman–Crippen MR) is 83.3 cm³/mol. The molecule has 0 saturated heterocycles. The lowest BCUT2D eigenvalue weighted by molar-refractivity contribution is 0.126. The molecule has 110 valence electrons. The second-order valence-corrected chi connectivity index (χ2v) is 7.43. The van der Waals surface area contributed by atoms with Crippen molar-refractivity contribution in [3.8, 4) is 0 Å². The van der Waals surface area contributed by atoms with Crippen LogP contribution in [0.4, 0.5) is 0 Å². The van der Waals surface area contributed by atoms with E-state index in [-0.39, 0.29) is 6.10 Å². The zero-order chi connectivity index (χ0) is 14.1. The Morgan fingerprint density at radius 3 is 2.80 bits per heavy atom. The molecule has 0 aliphatic heterocycles. The Hall–Kier alpha value is -0.870. The normalized spacial score (nSPS) is 19.0. The van der Waals surface area contributed by atoms with Crippen molar-refractivity contribution in [3.63, 3.8) is 0 Å². The first kappa shape index (κ1) is 14.1. The lowest BCUT2D eigenvalue weighted by atomic mass is 9.84. The van der Waals surface area contributed by atoms with E-state index < -0.39 is 0 Å². The molecule has 1 N–H and O–H groups in total. The molecule has 1 unspecified atom stereocenters. The van der Waals surface area contributed by atoms with Gasteiger partial charge in [-0.2, -0.15) is 0 Å². The Kier molecular flexibility index (Phi) is 4.13. The number of aliphatic hydroxyl groups excluding tert-OH is 1. The summed E-state index contributed by atoms with van der Waals surface area (Å²) in [6.07, 6.45) is 10.9. The van der Waals surface area contributed by atoms with Gasteiger partial charge in [-0.25, -0.2) is 4.98 Å². The van der Waals surface area contributed by atoms with E-state index in [2.05, 4.69) is 23.2 Å². The maximum atomic E-state index is 10.8. The third-order valence-electron chi connectivity index (χ3n) is 4.45. The van der Waals surface area contributed by atoms with Crippen LogP contribution in [0.25, 0.3) is 4.83 Å². The standard InChI is InChI=1S/C16H24N2OS/c1-11(2)16-15(18-10-17-9-14(18)20-16)13(19)8-12-6-4-3-5-7-12/h9-13,19H,3-8H2,1-2H3. The molecule has 1 atom stereocenters. The monoisotopic (exact) mass is 292 g/mol. The first-order valence-electron chi connectivity index (χ1n) is 7.79. The quantitative estimate of drug-likeness (QED) is 0.899. The van der Waals surface area contributed by atoms with Crippen LogP contribution in [0.5, 0.6) is 0 Å². The van der Waals surface area contributed by atoms with Crippen LogP contribution in [0, 0.1) is 5.92 Å². The van der Waals surface area contributed by atoms with Gasteiger partial charge < -0.3 is 5.11 Å². The highest BCUT2D eigenvalue weighted by molar-refractivity contribution is 7.17. The summed E-state index contributed by atoms with van der Waals surface area (Å²) in [4.78, 5) is 6.67. The lowest BCUT2D eigenvalue weighted by Gasteiger charge is -2.24. The van der Waals surface area contributed by atoms with Crippen LogP contribution in [-0.4, -0.2) is 14.5 Å². The number of rotatable bonds is 4. The van der Waals surface area contributed by atoms with Crippen molar-refractivity contribution in [1.82, 2.24) is 9.38 Å². The third kappa shape index (κ3) is 2.63. The molecule has 1 aliphatic carbocycles. The fourth-order valence-electron chi connectivity index (χ4n) is 3.41. The molecule has 20 heavy (non-hydrogen) atoms. The largest absolute Gasteiger partial charge is 0.387 e. The van der Waals surface area contributed by atoms with Gasteiger partial charge in [0.2, 0.25) is 0 Å². The van der Waals surface area contributed by atoms with Crippen molar-refractivity contribution in [3.05, 3.63) is 23.1 Å². The second-order valence-electron chi connectivity index (χ2n) is 6.36. The highest BCUT2D eigenvalue weighted by atomic mass is 32.1. The van der Waals surface area contributed by atoms with Crippen LogP contribution in [-0.2, 0) is 0 Å². The molecule has 2 aromatic heterocycles. The van der Waals surface area contributed by atoms with E-state index in [9.17, 15) is 5.11 Å². The summed E-state index contributed by atoms with van der Waals surface area (Å²) in [6.45, 7) is 4.41. The van der Waals surface area contributed by atoms with Gasteiger partial charge in [0, 0.05) is 4.88 Å². The van der Waals surface area contributed by atoms with Crippen LogP contribution >= 0.6 is 11.3 Å². The zero-order valence-corrected chi connectivity index (χ0v) is 13.2. The molecule has 1 aliphatic rings. The molecule has 1 saturated carbocycles. The summed E-state index contributed by atoms with van der Waals surface area (Å²) < 4.78 is 2.09. The summed E-state index contributed by atoms with van der Waals surface area (Å²) in [5.74, 6) is 1.15. The van der Waals surface area contributed by atoms with Gasteiger partial charge in [0.15, 0.2) is 0 Å². The van der Waals surface area contributed by atoms with E-state index in [1.165, 1.54) is 37.0 Å². The van der Waals surface area contributed by atoms with E-state index in [0.29, 0.717) is 11.8 Å². The molecule has 1 fully saturated rings. The Morgan fingerprint density at radius 2 is 2.10 bits per heavy atom. The fourth-order valence-corrected chi connectivity index (χ4v) is 4.57. The number of aromatic nitrogens is 2. The zero-order valence-electron chi connectivity index (χ0n) is 12.4. The molecular formula is C16H24N2OS. The Bertz CT molecular complexity index is 566. The number of nitrogens with zero attached hydrogens (tertiary/aromatic N) is 2. The Balaban J connectivity index is 1.86. The number of hydrogen-bond acceptors (Lipinski definition) is 3. The molecule has 3 nitrogen and oxygen atoms in total. The highest BCUT2D eigenvalue weighted by Crippen LogP contribution is 2.38. The summed E-state index contributed by atoms with van der Waals surface area (Å²) in [5, 5.41) is 10.8. The summed E-state index contributed by atoms with van der Waals surface area (Å²) in [5.41, 5.74) is 1.09. The van der Waals surface area contributed by atoms with E-state index in [4.69, 9.17) is 0 Å². The van der Waals surface area contributed by atoms with Crippen molar-refractivity contribution in [2.45, 2.75) is 64.4 Å². The van der Waals surface area contributed by atoms with Gasteiger partial charge in [-0.05, 0) is 18.3 Å². The van der Waals surface area contributed by atoms with Crippen molar-refractivity contribution in [1.29, 1.82) is 0 Å². The van der Waals surface area contributed by atoms with E-state index in [1.807, 2.05) is 12.5 Å². The van der Waals surface area contributed by atoms with Crippen molar-refractivity contribution < 1.29 is 5.11 Å². The molecule has 0 bridgehead atoms. The van der Waals surface area contributed by atoms with Gasteiger partial charge in [0.25, 0.3) is 0 Å². The second kappa shape index (κ2) is 5.86. The Morgan fingerprint density at radius 1 is 1.35 bits per heavy atom. The molecule has 0 radical (unpaired) electrons. The van der Waals surface area contributed by atoms with Gasteiger partial charge in [0.05, 0.1) is 18.0 Å². The molecule has 0 spiro atoms. The fraction of sp³-hybridized carbons (Fsp3) is 0.688. The van der Waals surface area contributed by atoms with E-state index >= 15 is 0 Å². The van der Waals surface area contributed by atoms with Crippen LogP contribution in [0.1, 0.15) is 75.0 Å². The predicted octanol–water partition coefficient (Wildman–Crippen LogP) is 4.52. The van der Waals surface area contributed by atoms with Gasteiger partial charge >= 0.3 is 0 Å². The molecule has 4 heteroatoms. The summed E-state index contributed by atoms with van der Waals surface area (Å²) in [7, 11) is 0. The molecule has 3 rings (SSSR count). The first-order valence-corrected chi connectivity index (χ1v) is 8.61. The Labute approximate surface area is 124 Å². The first-order chi connectivity index (χ1) is 9.66. The number of thiazole rings is 1. The number of hydrogen-bond donors (Lipinski definition) is 1. The number of fused-ring (bicyclic) bond motifs is 1. The van der Waals surface area contributed by atoms with Crippen molar-refractivity contribution in [2.75, 3.05) is 0 Å². The minimum atomic E-state index is -0.349. The minimum absolute atomic E-state index is 0.349. The summed E-state index contributed by atoms with van der Waals surface area (Å²) >= 11 is 1.77. The number of aliphatic hydroxyl groups is 1. The average Bonchev–Trinajstić information content (AvgIpc) is 2.99. The topological polar surface area (TPSA) is 37.5 Å². The SMILES string of the molecule is CC(C)c1sc2cncn2c1C(O)CC1CCCCC1. The molecule has 0 amide bonds. The van der Waals surface area contributed by atoms with E-state index in [0.717, 1.165) is 16.9 Å². The maximum absolute atomic E-state index is 10.8. The lowest BCUT2D eigenvalue weighted by Crippen LogP contribution is -2.13. The summed E-state index contributed by atoms with van der Waals surface area (Å²) in [6, 6.07) is 0. The third-order valence-corrected chi connectivity index (χ3v) is 5.86. The van der Waals surface area contributed by atoms with Gasteiger partial charge in [-0.3, -0.25) is 4.40 Å². The van der Waals surface area contributed by atoms with Gasteiger partial charge in [0.1, 0.15) is 11.2 Å². The minimum Gasteiger partial charge on any atom is -0.387 e. The average molecular weight is 292 g/mol. The highest BCUT2D eigenvalue weighted by Gasteiger charge is 2.25. The van der Waals surface area contributed by atoms with Crippen LogP contribution < -0.4 is 0 Å². The maximum Gasteiger partial charge on any atom is 0.120 e. The van der Waals surface area contributed by atoms with Crippen molar-refractivity contribution in [2.24, 2.45) is 5.92 Å². The molecule has 2 aromatic rings. The number of imidazole rings is 1. The molecule has 2 heterocycles. The smallest absolute Gasteiger partial charge is 0.120 e. The van der Waals surface area contributed by atoms with Crippen LogP contribution in [0.3, 0.4) is 0 Å². The van der Waals surface area contributed by atoms with Crippen LogP contribution in [0.2, 0.25) is 0 Å². The van der Waals surface area contributed by atoms with Gasteiger partial charge in [-0.15, -0.1) is 11.3 Å².